The number of anilines is 1. The van der Waals surface area contributed by atoms with Crippen LogP contribution in [0.3, 0.4) is 0 Å². The number of aromatic amines is 1. The largest absolute Gasteiger partial charge is 0.508 e. The molecule has 3 rings (SSSR count). The van der Waals surface area contributed by atoms with Gasteiger partial charge in [0.15, 0.2) is 0 Å². The highest BCUT2D eigenvalue weighted by molar-refractivity contribution is 6.11. The van der Waals surface area contributed by atoms with Crippen molar-refractivity contribution in [3.63, 3.8) is 0 Å². The molecule has 4 heteroatoms. The Morgan fingerprint density at radius 3 is 2.63 bits per heavy atom. The van der Waals surface area contributed by atoms with Gasteiger partial charge in [0.1, 0.15) is 5.75 Å². The Kier molecular flexibility index (Phi) is 2.68. The van der Waals surface area contributed by atoms with E-state index in [9.17, 15) is 9.90 Å². The molecule has 0 unspecified atom stereocenters. The maximum absolute atomic E-state index is 12.2. The smallest absolute Gasteiger partial charge is 0.257 e. The summed E-state index contributed by atoms with van der Waals surface area (Å²) in [5.74, 6) is -0.0109. The second-order valence-electron chi connectivity index (χ2n) is 4.25. The maximum atomic E-state index is 12.2. The van der Waals surface area contributed by atoms with E-state index in [1.54, 1.807) is 18.2 Å². The molecule has 0 bridgehead atoms. The van der Waals surface area contributed by atoms with Gasteiger partial charge in [0.25, 0.3) is 5.91 Å². The van der Waals surface area contributed by atoms with Crippen molar-refractivity contribution in [2.24, 2.45) is 0 Å². The van der Waals surface area contributed by atoms with Crippen LogP contribution in [0.5, 0.6) is 5.75 Å². The van der Waals surface area contributed by atoms with Crippen LogP contribution in [-0.4, -0.2) is 16.0 Å². The van der Waals surface area contributed by atoms with Gasteiger partial charge in [-0.1, -0.05) is 12.1 Å². The topological polar surface area (TPSA) is 65.1 Å². The summed E-state index contributed by atoms with van der Waals surface area (Å²) < 4.78 is 0. The van der Waals surface area contributed by atoms with Crippen LogP contribution in [0.25, 0.3) is 10.9 Å². The number of aromatic nitrogens is 1. The number of phenols is 1. The van der Waals surface area contributed by atoms with E-state index in [-0.39, 0.29) is 11.7 Å². The van der Waals surface area contributed by atoms with Gasteiger partial charge in [0.2, 0.25) is 0 Å². The summed E-state index contributed by atoms with van der Waals surface area (Å²) in [6.07, 6.45) is 1.81. The summed E-state index contributed by atoms with van der Waals surface area (Å²) in [5, 5.41) is 13.0. The molecule has 0 fully saturated rings. The molecule has 4 nitrogen and oxygen atoms in total. The van der Waals surface area contributed by atoms with Crippen LogP contribution in [-0.2, 0) is 0 Å². The molecule has 2 aromatic carbocycles. The van der Waals surface area contributed by atoms with E-state index in [4.69, 9.17) is 0 Å². The third-order valence-corrected chi connectivity index (χ3v) is 2.96. The number of benzene rings is 2. The predicted octanol–water partition coefficient (Wildman–Crippen LogP) is 3.13. The first-order valence-corrected chi connectivity index (χ1v) is 5.90. The lowest BCUT2D eigenvalue weighted by molar-refractivity contribution is 0.102. The van der Waals surface area contributed by atoms with Crippen LogP contribution in [0.15, 0.2) is 54.7 Å². The number of nitrogens with one attached hydrogen (secondary N) is 2. The first kappa shape index (κ1) is 11.3. The second-order valence-corrected chi connectivity index (χ2v) is 4.25. The van der Waals surface area contributed by atoms with Crippen molar-refractivity contribution in [3.05, 3.63) is 60.3 Å². The van der Waals surface area contributed by atoms with Gasteiger partial charge in [-0.05, 0) is 36.4 Å². The average Bonchev–Trinajstić information content (AvgIpc) is 2.89. The van der Waals surface area contributed by atoms with Gasteiger partial charge in [-0.3, -0.25) is 4.79 Å². The number of carbonyl (C=O) groups excluding carboxylic acids is 1. The zero-order valence-corrected chi connectivity index (χ0v) is 10.1. The number of phenolic OH excluding ortho intramolecular Hbond substituents is 1. The highest BCUT2D eigenvalue weighted by atomic mass is 16.3. The molecule has 0 radical (unpaired) electrons. The predicted molar refractivity (Wildman–Crippen MR) is 74.4 cm³/mol. The molecular formula is C15H12N2O2. The fraction of sp³-hybridized carbons (Fsp3) is 0. The normalized spacial score (nSPS) is 10.5. The van der Waals surface area contributed by atoms with E-state index in [2.05, 4.69) is 10.3 Å². The zero-order chi connectivity index (χ0) is 13.2. The van der Waals surface area contributed by atoms with Crippen LogP contribution in [0.1, 0.15) is 10.4 Å². The third kappa shape index (κ3) is 2.15. The van der Waals surface area contributed by atoms with Crippen LogP contribution < -0.4 is 5.32 Å². The zero-order valence-electron chi connectivity index (χ0n) is 10.1. The highest BCUT2D eigenvalue weighted by Crippen LogP contribution is 2.19. The number of hydrogen-bond acceptors (Lipinski definition) is 2. The fourth-order valence-corrected chi connectivity index (χ4v) is 2.02. The van der Waals surface area contributed by atoms with E-state index in [0.29, 0.717) is 11.3 Å². The van der Waals surface area contributed by atoms with Gasteiger partial charge in [0.05, 0.1) is 11.1 Å². The Balaban J connectivity index is 1.92. The van der Waals surface area contributed by atoms with E-state index >= 15 is 0 Å². The van der Waals surface area contributed by atoms with Gasteiger partial charge >= 0.3 is 0 Å². The summed E-state index contributed by atoms with van der Waals surface area (Å²) in [4.78, 5) is 15.3. The monoisotopic (exact) mass is 252 g/mol. The molecule has 0 aliphatic rings. The standard InChI is InChI=1S/C15H12N2O2/c18-12-6-4-11(5-7-12)17-15(19)13-3-1-2-10-8-9-16-14(10)13/h1-9,16,18H,(H,17,19). The summed E-state index contributed by atoms with van der Waals surface area (Å²) in [5.41, 5.74) is 2.06. The molecule has 0 aliphatic heterocycles. The van der Waals surface area contributed by atoms with Crippen molar-refractivity contribution in [3.8, 4) is 5.75 Å². The molecule has 0 aliphatic carbocycles. The average molecular weight is 252 g/mol. The molecule has 1 heterocycles. The fourth-order valence-electron chi connectivity index (χ4n) is 2.02. The van der Waals surface area contributed by atoms with Gasteiger partial charge in [0, 0.05) is 17.3 Å². The van der Waals surface area contributed by atoms with Crippen LogP contribution in [0.4, 0.5) is 5.69 Å². The molecule has 3 N–H and O–H groups in total. The van der Waals surface area contributed by atoms with Crippen LogP contribution in [0.2, 0.25) is 0 Å². The molecule has 3 aromatic rings. The molecule has 1 aromatic heterocycles. The summed E-state index contributed by atoms with van der Waals surface area (Å²) >= 11 is 0. The van der Waals surface area contributed by atoms with E-state index in [1.807, 2.05) is 24.4 Å². The molecular weight excluding hydrogens is 240 g/mol. The summed E-state index contributed by atoms with van der Waals surface area (Å²) in [6.45, 7) is 0. The SMILES string of the molecule is O=C(Nc1ccc(O)cc1)c1cccc2cc[nH]c12. The molecule has 94 valence electrons. The number of rotatable bonds is 2. The van der Waals surface area contributed by atoms with Gasteiger partial charge in [-0.2, -0.15) is 0 Å². The molecule has 0 saturated carbocycles. The van der Waals surface area contributed by atoms with Crippen molar-refractivity contribution < 1.29 is 9.90 Å². The quantitative estimate of drug-likeness (QED) is 0.613. The first-order chi connectivity index (χ1) is 9.24. The highest BCUT2D eigenvalue weighted by Gasteiger charge is 2.10. The van der Waals surface area contributed by atoms with E-state index in [1.165, 1.54) is 12.1 Å². The van der Waals surface area contributed by atoms with Crippen molar-refractivity contribution in [2.75, 3.05) is 5.32 Å². The number of hydrogen-bond donors (Lipinski definition) is 3. The van der Waals surface area contributed by atoms with Crippen molar-refractivity contribution in [2.45, 2.75) is 0 Å². The van der Waals surface area contributed by atoms with Crippen molar-refractivity contribution in [1.29, 1.82) is 0 Å². The Morgan fingerprint density at radius 1 is 1.05 bits per heavy atom. The third-order valence-electron chi connectivity index (χ3n) is 2.96. The number of H-pyrrole nitrogens is 1. The number of carbonyl (C=O) groups is 1. The first-order valence-electron chi connectivity index (χ1n) is 5.90. The van der Waals surface area contributed by atoms with Gasteiger partial charge in [-0.15, -0.1) is 0 Å². The summed E-state index contributed by atoms with van der Waals surface area (Å²) in [7, 11) is 0. The minimum Gasteiger partial charge on any atom is -0.508 e. The second kappa shape index (κ2) is 4.49. The summed E-state index contributed by atoms with van der Waals surface area (Å²) in [6, 6.07) is 13.9. The van der Waals surface area contributed by atoms with Crippen molar-refractivity contribution in [1.82, 2.24) is 4.98 Å². The lowest BCUT2D eigenvalue weighted by Gasteiger charge is -2.06. The number of para-hydroxylation sites is 1. The molecule has 1 amide bonds. The van der Waals surface area contributed by atoms with Crippen LogP contribution in [0, 0.1) is 0 Å². The van der Waals surface area contributed by atoms with Gasteiger partial charge in [-0.25, -0.2) is 0 Å². The lowest BCUT2D eigenvalue weighted by Crippen LogP contribution is -2.12. The van der Waals surface area contributed by atoms with E-state index in [0.717, 1.165) is 10.9 Å². The van der Waals surface area contributed by atoms with Gasteiger partial charge < -0.3 is 15.4 Å². The maximum Gasteiger partial charge on any atom is 0.257 e. The Morgan fingerprint density at radius 2 is 1.84 bits per heavy atom. The molecule has 0 saturated heterocycles. The minimum absolute atomic E-state index is 0.171. The molecule has 0 spiro atoms. The Hall–Kier alpha value is -2.75. The van der Waals surface area contributed by atoms with Crippen LogP contribution >= 0.6 is 0 Å². The molecule has 19 heavy (non-hydrogen) atoms. The Bertz CT molecular complexity index is 729. The molecule has 0 atom stereocenters. The number of aromatic hydroxyl groups is 1. The number of fused-ring (bicyclic) bond motifs is 1. The number of amides is 1. The Labute approximate surface area is 109 Å². The van der Waals surface area contributed by atoms with E-state index < -0.39 is 0 Å². The van der Waals surface area contributed by atoms with Crippen molar-refractivity contribution >= 4 is 22.5 Å². The minimum atomic E-state index is -0.182. The lowest BCUT2D eigenvalue weighted by atomic mass is 10.1.